The number of rotatable bonds is 6. The first-order valence-corrected chi connectivity index (χ1v) is 11.4. The highest BCUT2D eigenvalue weighted by Crippen LogP contribution is 2.37. The lowest BCUT2D eigenvalue weighted by Gasteiger charge is -2.51. The summed E-state index contributed by atoms with van der Waals surface area (Å²) in [6.07, 6.45) is 1.60. The van der Waals surface area contributed by atoms with Gasteiger partial charge in [-0.15, -0.1) is 0 Å². The standard InChI is InChI=1S/C24H31Cl2N3O2/c1-17(19-11-7-12-20(25)21(19)26)27-23(31)29(15-18-9-5-4-6-10-18)22-24(2,16-30)13-8-14-28(22)3/h4-7,9-12,17,22,30H,8,13-16H2,1-3H3,(H,27,31). The zero-order valence-electron chi connectivity index (χ0n) is 18.3. The number of carbonyl (C=O) groups is 1. The van der Waals surface area contributed by atoms with Crippen LogP contribution in [0.25, 0.3) is 0 Å². The molecule has 5 nitrogen and oxygen atoms in total. The van der Waals surface area contributed by atoms with Crippen LogP contribution in [0.4, 0.5) is 4.79 Å². The minimum Gasteiger partial charge on any atom is -0.396 e. The van der Waals surface area contributed by atoms with Crippen LogP contribution in [0.5, 0.6) is 0 Å². The molecule has 2 amide bonds. The number of likely N-dealkylation sites (tertiary alicyclic amines) is 1. The monoisotopic (exact) mass is 463 g/mol. The Kier molecular flexibility index (Phi) is 7.87. The molecule has 2 N–H and O–H groups in total. The van der Waals surface area contributed by atoms with Crippen molar-refractivity contribution in [3.05, 3.63) is 69.7 Å². The predicted octanol–water partition coefficient (Wildman–Crippen LogP) is 5.32. The molecule has 0 aromatic heterocycles. The van der Waals surface area contributed by atoms with E-state index in [1.54, 1.807) is 6.07 Å². The molecule has 2 aromatic rings. The highest BCUT2D eigenvalue weighted by molar-refractivity contribution is 6.42. The van der Waals surface area contributed by atoms with Gasteiger partial charge >= 0.3 is 6.03 Å². The summed E-state index contributed by atoms with van der Waals surface area (Å²) in [6, 6.07) is 14.8. The lowest BCUT2D eigenvalue weighted by atomic mass is 9.78. The number of nitrogens with one attached hydrogen (secondary N) is 1. The third-order valence-corrected chi connectivity index (χ3v) is 7.03. The zero-order chi connectivity index (χ0) is 22.6. The van der Waals surface area contributed by atoms with Crippen LogP contribution in [0.3, 0.4) is 0 Å². The Hall–Kier alpha value is -1.79. The normalized spacial score (nSPS) is 22.7. The first-order valence-electron chi connectivity index (χ1n) is 10.6. The summed E-state index contributed by atoms with van der Waals surface area (Å²) in [5.74, 6) is 0. The Morgan fingerprint density at radius 3 is 2.65 bits per heavy atom. The van der Waals surface area contributed by atoms with Crippen molar-refractivity contribution in [2.75, 3.05) is 20.2 Å². The van der Waals surface area contributed by atoms with Crippen molar-refractivity contribution >= 4 is 29.2 Å². The van der Waals surface area contributed by atoms with E-state index in [0.717, 1.165) is 30.5 Å². The SMILES string of the molecule is CC(NC(=O)N(Cc1ccccc1)C1N(C)CCCC1(C)CO)c1cccc(Cl)c1Cl. The van der Waals surface area contributed by atoms with Gasteiger partial charge in [-0.3, -0.25) is 4.90 Å². The van der Waals surface area contributed by atoms with Gasteiger partial charge in [-0.2, -0.15) is 0 Å². The Morgan fingerprint density at radius 1 is 1.26 bits per heavy atom. The molecule has 1 fully saturated rings. The first-order chi connectivity index (χ1) is 14.8. The summed E-state index contributed by atoms with van der Waals surface area (Å²) < 4.78 is 0. The summed E-state index contributed by atoms with van der Waals surface area (Å²) in [5, 5.41) is 14.3. The highest BCUT2D eigenvalue weighted by Gasteiger charge is 2.44. The van der Waals surface area contributed by atoms with Gasteiger partial charge in [-0.25, -0.2) is 4.79 Å². The molecule has 1 aliphatic rings. The van der Waals surface area contributed by atoms with E-state index >= 15 is 0 Å². The van der Waals surface area contributed by atoms with E-state index in [0.29, 0.717) is 16.6 Å². The van der Waals surface area contributed by atoms with E-state index in [1.807, 2.05) is 61.3 Å². The number of piperidine rings is 1. The van der Waals surface area contributed by atoms with Gasteiger partial charge in [0.05, 0.1) is 28.9 Å². The molecule has 1 heterocycles. The molecule has 1 aliphatic heterocycles. The number of aliphatic hydroxyl groups excluding tert-OH is 1. The Labute approximate surface area is 194 Å². The third-order valence-electron chi connectivity index (χ3n) is 6.20. The number of aliphatic hydroxyl groups is 1. The van der Waals surface area contributed by atoms with Crippen LogP contribution in [-0.2, 0) is 6.54 Å². The molecule has 0 spiro atoms. The Bertz CT molecular complexity index is 896. The van der Waals surface area contributed by atoms with Crippen molar-refractivity contribution in [1.29, 1.82) is 0 Å². The van der Waals surface area contributed by atoms with Gasteiger partial charge in [0.2, 0.25) is 0 Å². The van der Waals surface area contributed by atoms with Crippen LogP contribution in [0, 0.1) is 5.41 Å². The van der Waals surface area contributed by atoms with Gasteiger partial charge in [0, 0.05) is 12.0 Å². The number of benzene rings is 2. The van der Waals surface area contributed by atoms with E-state index < -0.39 is 5.41 Å². The number of nitrogens with zero attached hydrogens (tertiary/aromatic N) is 2. The molecule has 1 saturated heterocycles. The van der Waals surface area contributed by atoms with Crippen molar-refractivity contribution < 1.29 is 9.90 Å². The molecule has 0 saturated carbocycles. The summed E-state index contributed by atoms with van der Waals surface area (Å²) in [7, 11) is 2.01. The van der Waals surface area contributed by atoms with Crippen molar-refractivity contribution in [3.63, 3.8) is 0 Å². The van der Waals surface area contributed by atoms with Crippen LogP contribution in [-0.4, -0.2) is 47.3 Å². The second kappa shape index (κ2) is 10.2. The van der Waals surface area contributed by atoms with E-state index in [9.17, 15) is 9.90 Å². The van der Waals surface area contributed by atoms with Crippen LogP contribution in [0.1, 0.15) is 43.9 Å². The average molecular weight is 464 g/mol. The van der Waals surface area contributed by atoms with Crippen LogP contribution in [0.2, 0.25) is 10.0 Å². The second-order valence-corrected chi connectivity index (χ2v) is 9.48. The zero-order valence-corrected chi connectivity index (χ0v) is 19.8. The number of amides is 2. The van der Waals surface area contributed by atoms with E-state index in [4.69, 9.17) is 23.2 Å². The van der Waals surface area contributed by atoms with Crippen molar-refractivity contribution in [2.45, 2.75) is 45.4 Å². The largest absolute Gasteiger partial charge is 0.396 e. The molecule has 0 radical (unpaired) electrons. The molecule has 168 valence electrons. The number of hydrogen-bond acceptors (Lipinski definition) is 3. The minimum atomic E-state index is -0.421. The van der Waals surface area contributed by atoms with Gasteiger partial charge < -0.3 is 15.3 Å². The second-order valence-electron chi connectivity index (χ2n) is 8.70. The fourth-order valence-corrected chi connectivity index (χ4v) is 5.01. The highest BCUT2D eigenvalue weighted by atomic mass is 35.5. The Balaban J connectivity index is 1.91. The minimum absolute atomic E-state index is 0.0102. The smallest absolute Gasteiger partial charge is 0.319 e. The number of hydrogen-bond donors (Lipinski definition) is 2. The van der Waals surface area contributed by atoms with Gasteiger partial charge in [-0.05, 0) is 50.6 Å². The number of urea groups is 1. The molecule has 3 unspecified atom stereocenters. The van der Waals surface area contributed by atoms with Gasteiger partial charge in [-0.1, -0.05) is 72.6 Å². The molecule has 0 bridgehead atoms. The lowest BCUT2D eigenvalue weighted by molar-refractivity contribution is -0.0720. The molecule has 31 heavy (non-hydrogen) atoms. The van der Waals surface area contributed by atoms with Crippen LogP contribution >= 0.6 is 23.2 Å². The molecule has 7 heteroatoms. The maximum atomic E-state index is 13.6. The van der Waals surface area contributed by atoms with Gasteiger partial charge in [0.15, 0.2) is 0 Å². The van der Waals surface area contributed by atoms with Crippen LogP contribution in [0.15, 0.2) is 48.5 Å². The number of carbonyl (C=O) groups excluding carboxylic acids is 1. The van der Waals surface area contributed by atoms with Crippen molar-refractivity contribution in [2.24, 2.45) is 5.41 Å². The molecular weight excluding hydrogens is 433 g/mol. The van der Waals surface area contributed by atoms with E-state index in [2.05, 4.69) is 17.1 Å². The fraction of sp³-hybridized carbons (Fsp3) is 0.458. The molecule has 3 atom stereocenters. The average Bonchev–Trinajstić information content (AvgIpc) is 2.75. The summed E-state index contributed by atoms with van der Waals surface area (Å²) >= 11 is 12.6. The third kappa shape index (κ3) is 5.35. The predicted molar refractivity (Wildman–Crippen MR) is 126 cm³/mol. The van der Waals surface area contributed by atoms with Crippen molar-refractivity contribution in [1.82, 2.24) is 15.1 Å². The van der Waals surface area contributed by atoms with Gasteiger partial charge in [0.25, 0.3) is 0 Å². The molecule has 2 aromatic carbocycles. The molecular formula is C24H31Cl2N3O2. The first kappa shape index (κ1) is 23.9. The summed E-state index contributed by atoms with van der Waals surface area (Å²) in [5.41, 5.74) is 1.38. The fourth-order valence-electron chi connectivity index (χ4n) is 4.54. The van der Waals surface area contributed by atoms with Gasteiger partial charge in [0.1, 0.15) is 0 Å². The molecule has 3 rings (SSSR count). The number of halogens is 2. The molecule has 0 aliphatic carbocycles. The summed E-state index contributed by atoms with van der Waals surface area (Å²) in [6.45, 7) is 5.26. The maximum Gasteiger partial charge on any atom is 0.319 e. The summed E-state index contributed by atoms with van der Waals surface area (Å²) in [4.78, 5) is 17.6. The Morgan fingerprint density at radius 2 is 1.97 bits per heavy atom. The quantitative estimate of drug-likeness (QED) is 0.609. The van der Waals surface area contributed by atoms with Crippen LogP contribution < -0.4 is 5.32 Å². The lowest BCUT2D eigenvalue weighted by Crippen LogP contribution is -2.62. The maximum absolute atomic E-state index is 13.6. The van der Waals surface area contributed by atoms with E-state index in [-0.39, 0.29) is 24.8 Å². The van der Waals surface area contributed by atoms with E-state index in [1.165, 1.54) is 0 Å². The topological polar surface area (TPSA) is 55.8 Å². The van der Waals surface area contributed by atoms with Crippen molar-refractivity contribution in [3.8, 4) is 0 Å².